The van der Waals surface area contributed by atoms with E-state index in [-0.39, 0.29) is 0 Å². The summed E-state index contributed by atoms with van der Waals surface area (Å²) in [6, 6.07) is 12.6. The first-order valence-corrected chi connectivity index (χ1v) is 7.42. The van der Waals surface area contributed by atoms with Crippen LogP contribution in [-0.4, -0.2) is 13.2 Å². The first kappa shape index (κ1) is 13.8. The lowest BCUT2D eigenvalue weighted by molar-refractivity contribution is 0.297. The highest BCUT2D eigenvalue weighted by atomic mass is 16.5. The van der Waals surface area contributed by atoms with Gasteiger partial charge in [0, 0.05) is 24.7 Å². The third kappa shape index (κ3) is 3.30. The third-order valence-electron chi connectivity index (χ3n) is 3.74. The van der Waals surface area contributed by atoms with Crippen LogP contribution in [-0.2, 0) is 6.54 Å². The molecule has 2 aromatic rings. The Morgan fingerprint density at radius 1 is 0.952 bits per heavy atom. The van der Waals surface area contributed by atoms with Crippen molar-refractivity contribution in [2.75, 3.05) is 18.5 Å². The standard InChI is InChI=1S/C18H21NO2/c1-13-4-5-14(2)15(10-13)12-19-16-6-7-17-18(11-16)21-9-3-8-20-17/h4-7,10-11,19H,3,8-9,12H2,1-2H3. The van der Waals surface area contributed by atoms with Crippen molar-refractivity contribution < 1.29 is 9.47 Å². The Hall–Kier alpha value is -2.16. The molecule has 0 unspecified atom stereocenters. The van der Waals surface area contributed by atoms with Gasteiger partial charge in [-0.15, -0.1) is 0 Å². The molecule has 2 aromatic carbocycles. The van der Waals surface area contributed by atoms with Gasteiger partial charge in [0.2, 0.25) is 0 Å². The van der Waals surface area contributed by atoms with Crippen LogP contribution in [0.4, 0.5) is 5.69 Å². The molecule has 21 heavy (non-hydrogen) atoms. The van der Waals surface area contributed by atoms with Gasteiger partial charge in [0.1, 0.15) is 0 Å². The summed E-state index contributed by atoms with van der Waals surface area (Å²) in [7, 11) is 0. The van der Waals surface area contributed by atoms with Gasteiger partial charge in [-0.1, -0.05) is 23.8 Å². The molecule has 0 saturated carbocycles. The number of rotatable bonds is 3. The molecule has 110 valence electrons. The summed E-state index contributed by atoms with van der Waals surface area (Å²) >= 11 is 0. The lowest BCUT2D eigenvalue weighted by Gasteiger charge is -2.12. The van der Waals surface area contributed by atoms with Crippen LogP contribution in [0.5, 0.6) is 11.5 Å². The van der Waals surface area contributed by atoms with Crippen molar-refractivity contribution in [2.24, 2.45) is 0 Å². The van der Waals surface area contributed by atoms with E-state index in [0.29, 0.717) is 6.61 Å². The predicted molar refractivity (Wildman–Crippen MR) is 85.3 cm³/mol. The Morgan fingerprint density at radius 2 is 1.76 bits per heavy atom. The van der Waals surface area contributed by atoms with E-state index < -0.39 is 0 Å². The Kier molecular flexibility index (Phi) is 4.00. The average Bonchev–Trinajstić information content (AvgIpc) is 2.73. The van der Waals surface area contributed by atoms with Crippen molar-refractivity contribution in [1.82, 2.24) is 0 Å². The molecule has 1 N–H and O–H groups in total. The van der Waals surface area contributed by atoms with E-state index in [1.807, 2.05) is 18.2 Å². The van der Waals surface area contributed by atoms with Crippen molar-refractivity contribution in [1.29, 1.82) is 0 Å². The van der Waals surface area contributed by atoms with Crippen LogP contribution in [0.15, 0.2) is 36.4 Å². The fraction of sp³-hybridized carbons (Fsp3) is 0.333. The maximum absolute atomic E-state index is 5.72. The molecule has 3 heteroatoms. The van der Waals surface area contributed by atoms with E-state index in [1.165, 1.54) is 16.7 Å². The number of fused-ring (bicyclic) bond motifs is 1. The highest BCUT2D eigenvalue weighted by molar-refractivity contribution is 5.55. The fourth-order valence-corrected chi connectivity index (χ4v) is 2.46. The molecule has 0 aliphatic carbocycles. The van der Waals surface area contributed by atoms with Gasteiger partial charge in [0.05, 0.1) is 13.2 Å². The second-order valence-corrected chi connectivity index (χ2v) is 5.50. The Morgan fingerprint density at radius 3 is 2.62 bits per heavy atom. The summed E-state index contributed by atoms with van der Waals surface area (Å²) in [5.74, 6) is 1.67. The van der Waals surface area contributed by atoms with Gasteiger partial charge in [-0.25, -0.2) is 0 Å². The van der Waals surface area contributed by atoms with Crippen molar-refractivity contribution in [3.63, 3.8) is 0 Å². The summed E-state index contributed by atoms with van der Waals surface area (Å²) in [6.07, 6.45) is 0.930. The number of nitrogens with one attached hydrogen (secondary N) is 1. The van der Waals surface area contributed by atoms with Gasteiger partial charge in [-0.3, -0.25) is 0 Å². The topological polar surface area (TPSA) is 30.5 Å². The van der Waals surface area contributed by atoms with Crippen LogP contribution in [0.2, 0.25) is 0 Å². The number of anilines is 1. The minimum atomic E-state index is 0.716. The van der Waals surface area contributed by atoms with Crippen LogP contribution in [0.1, 0.15) is 23.1 Å². The lowest BCUT2D eigenvalue weighted by Crippen LogP contribution is -2.02. The normalized spacial score (nSPS) is 13.6. The maximum atomic E-state index is 5.72. The molecule has 0 amide bonds. The minimum absolute atomic E-state index is 0.716. The molecule has 0 fully saturated rings. The Bertz CT molecular complexity index is 637. The Balaban J connectivity index is 1.73. The third-order valence-corrected chi connectivity index (χ3v) is 3.74. The molecule has 0 atom stereocenters. The van der Waals surface area contributed by atoms with E-state index in [9.17, 15) is 0 Å². The highest BCUT2D eigenvalue weighted by Gasteiger charge is 2.10. The number of aryl methyl sites for hydroxylation is 2. The van der Waals surface area contributed by atoms with Gasteiger partial charge < -0.3 is 14.8 Å². The number of ether oxygens (including phenoxy) is 2. The first-order chi connectivity index (χ1) is 10.2. The molecule has 3 rings (SSSR count). The second-order valence-electron chi connectivity index (χ2n) is 5.50. The molecule has 3 nitrogen and oxygen atoms in total. The van der Waals surface area contributed by atoms with E-state index in [0.717, 1.165) is 36.8 Å². The SMILES string of the molecule is Cc1ccc(C)c(CNc2ccc3c(c2)OCCCO3)c1. The Labute approximate surface area is 125 Å². The summed E-state index contributed by atoms with van der Waals surface area (Å²) in [5, 5.41) is 3.46. The van der Waals surface area contributed by atoms with E-state index in [1.54, 1.807) is 0 Å². The fourth-order valence-electron chi connectivity index (χ4n) is 2.46. The van der Waals surface area contributed by atoms with Crippen molar-refractivity contribution in [3.8, 4) is 11.5 Å². The molecule has 0 bridgehead atoms. The number of benzene rings is 2. The number of hydrogen-bond acceptors (Lipinski definition) is 3. The molecule has 1 heterocycles. The quantitative estimate of drug-likeness (QED) is 0.920. The molecule has 1 aliphatic rings. The molecular weight excluding hydrogens is 262 g/mol. The van der Waals surface area contributed by atoms with Gasteiger partial charge >= 0.3 is 0 Å². The summed E-state index contributed by atoms with van der Waals surface area (Å²) in [5.41, 5.74) is 4.97. The zero-order valence-electron chi connectivity index (χ0n) is 12.6. The minimum Gasteiger partial charge on any atom is -0.490 e. The molecular formula is C18H21NO2. The van der Waals surface area contributed by atoms with Crippen LogP contribution in [0.3, 0.4) is 0 Å². The largest absolute Gasteiger partial charge is 0.490 e. The summed E-state index contributed by atoms with van der Waals surface area (Å²) in [6.45, 7) is 6.52. The van der Waals surface area contributed by atoms with Crippen LogP contribution in [0.25, 0.3) is 0 Å². The van der Waals surface area contributed by atoms with E-state index in [2.05, 4.69) is 37.4 Å². The average molecular weight is 283 g/mol. The number of hydrogen-bond donors (Lipinski definition) is 1. The smallest absolute Gasteiger partial charge is 0.163 e. The predicted octanol–water partition coefficient (Wildman–Crippen LogP) is 4.08. The second kappa shape index (κ2) is 6.08. The highest BCUT2D eigenvalue weighted by Crippen LogP contribution is 2.32. The lowest BCUT2D eigenvalue weighted by atomic mass is 10.1. The zero-order valence-corrected chi connectivity index (χ0v) is 12.6. The molecule has 0 spiro atoms. The van der Waals surface area contributed by atoms with Crippen LogP contribution >= 0.6 is 0 Å². The van der Waals surface area contributed by atoms with Gasteiger partial charge in [0.25, 0.3) is 0 Å². The molecule has 0 saturated heterocycles. The monoisotopic (exact) mass is 283 g/mol. The van der Waals surface area contributed by atoms with E-state index in [4.69, 9.17) is 9.47 Å². The molecule has 0 radical (unpaired) electrons. The maximum Gasteiger partial charge on any atom is 0.163 e. The summed E-state index contributed by atoms with van der Waals surface area (Å²) in [4.78, 5) is 0. The first-order valence-electron chi connectivity index (χ1n) is 7.42. The van der Waals surface area contributed by atoms with Crippen LogP contribution in [0, 0.1) is 13.8 Å². The van der Waals surface area contributed by atoms with Crippen molar-refractivity contribution in [3.05, 3.63) is 53.1 Å². The van der Waals surface area contributed by atoms with Crippen molar-refractivity contribution in [2.45, 2.75) is 26.8 Å². The van der Waals surface area contributed by atoms with Crippen molar-refractivity contribution >= 4 is 5.69 Å². The van der Waals surface area contributed by atoms with Gasteiger partial charge in [0.15, 0.2) is 11.5 Å². The van der Waals surface area contributed by atoms with Crippen LogP contribution < -0.4 is 14.8 Å². The van der Waals surface area contributed by atoms with E-state index >= 15 is 0 Å². The molecule has 0 aromatic heterocycles. The summed E-state index contributed by atoms with van der Waals surface area (Å²) < 4.78 is 11.4. The zero-order chi connectivity index (χ0) is 14.7. The molecule has 1 aliphatic heterocycles. The van der Waals surface area contributed by atoms with Gasteiger partial charge in [-0.2, -0.15) is 0 Å². The van der Waals surface area contributed by atoms with Gasteiger partial charge in [-0.05, 0) is 37.1 Å².